The Morgan fingerprint density at radius 2 is 1.57 bits per heavy atom. The molecular weight excluding hydrogens is 428 g/mol. The van der Waals surface area contributed by atoms with Crippen molar-refractivity contribution < 1.29 is 24.3 Å². The van der Waals surface area contributed by atoms with Crippen molar-refractivity contribution in [1.29, 1.82) is 0 Å². The summed E-state index contributed by atoms with van der Waals surface area (Å²) in [6.07, 6.45) is 2.82. The van der Waals surface area contributed by atoms with Crippen molar-refractivity contribution in [3.8, 4) is 0 Å². The molecule has 0 saturated carbocycles. The van der Waals surface area contributed by atoms with Crippen LogP contribution >= 0.6 is 24.4 Å². The van der Waals surface area contributed by atoms with Gasteiger partial charge < -0.3 is 26.8 Å². The van der Waals surface area contributed by atoms with Gasteiger partial charge in [0.15, 0.2) is 0 Å². The lowest BCUT2D eigenvalue weighted by Crippen LogP contribution is -2.59. The molecule has 0 fully saturated rings. The molecule has 0 saturated heterocycles. The van der Waals surface area contributed by atoms with Crippen molar-refractivity contribution in [3.05, 3.63) is 0 Å². The van der Waals surface area contributed by atoms with Gasteiger partial charge in [0.1, 0.15) is 18.1 Å². The molecule has 0 aromatic carbocycles. The van der Waals surface area contributed by atoms with E-state index in [1.807, 2.05) is 13.2 Å². The molecule has 0 aliphatic rings. The third-order valence-electron chi connectivity index (χ3n) is 4.80. The Kier molecular flexibility index (Phi) is 13.8. The van der Waals surface area contributed by atoms with Gasteiger partial charge in [0.05, 0.1) is 6.04 Å². The zero-order valence-electron chi connectivity index (χ0n) is 18.3. The summed E-state index contributed by atoms with van der Waals surface area (Å²) in [5.41, 5.74) is 5.68. The second kappa shape index (κ2) is 14.5. The van der Waals surface area contributed by atoms with E-state index in [0.717, 1.165) is 0 Å². The van der Waals surface area contributed by atoms with Crippen LogP contribution in [0.25, 0.3) is 0 Å². The molecule has 0 aliphatic heterocycles. The number of carboxylic acids is 1. The van der Waals surface area contributed by atoms with Crippen LogP contribution in [0.1, 0.15) is 40.5 Å². The minimum atomic E-state index is -1.14. The molecule has 0 rings (SSSR count). The van der Waals surface area contributed by atoms with E-state index in [1.54, 1.807) is 20.8 Å². The average molecular weight is 465 g/mol. The molecule has 0 radical (unpaired) electrons. The average Bonchev–Trinajstić information content (AvgIpc) is 2.70. The van der Waals surface area contributed by atoms with Crippen molar-refractivity contribution in [2.24, 2.45) is 17.6 Å². The lowest BCUT2D eigenvalue weighted by molar-refractivity contribution is -0.144. The van der Waals surface area contributed by atoms with E-state index < -0.39 is 47.9 Å². The zero-order valence-corrected chi connectivity index (χ0v) is 20.0. The minimum Gasteiger partial charge on any atom is -0.480 e. The molecular formula is C19H36N4O5S2. The number of nitrogens with two attached hydrogens (primary N) is 1. The predicted octanol–water partition coefficient (Wildman–Crippen LogP) is 0.238. The van der Waals surface area contributed by atoms with Gasteiger partial charge in [0.25, 0.3) is 0 Å². The number of carbonyl (C=O) groups excluding carboxylic acids is 3. The molecule has 3 amide bonds. The van der Waals surface area contributed by atoms with Gasteiger partial charge >= 0.3 is 5.97 Å². The number of amides is 3. The lowest BCUT2D eigenvalue weighted by atomic mass is 9.96. The van der Waals surface area contributed by atoms with Crippen molar-refractivity contribution in [2.75, 3.05) is 17.8 Å². The van der Waals surface area contributed by atoms with Crippen LogP contribution in [0.5, 0.6) is 0 Å². The van der Waals surface area contributed by atoms with E-state index in [2.05, 4.69) is 28.6 Å². The highest BCUT2D eigenvalue weighted by molar-refractivity contribution is 7.98. The van der Waals surface area contributed by atoms with Crippen LogP contribution in [0.3, 0.4) is 0 Å². The molecule has 30 heavy (non-hydrogen) atoms. The molecule has 0 aromatic rings. The summed E-state index contributed by atoms with van der Waals surface area (Å²) in [6.45, 7) is 7.04. The van der Waals surface area contributed by atoms with E-state index in [1.165, 1.54) is 11.8 Å². The maximum atomic E-state index is 12.9. The van der Waals surface area contributed by atoms with Gasteiger partial charge in [-0.05, 0) is 30.3 Å². The van der Waals surface area contributed by atoms with Crippen LogP contribution in [-0.2, 0) is 19.2 Å². The smallest absolute Gasteiger partial charge is 0.326 e. The highest BCUT2D eigenvalue weighted by atomic mass is 32.2. The number of rotatable bonds is 14. The van der Waals surface area contributed by atoms with Crippen molar-refractivity contribution >= 4 is 48.1 Å². The fourth-order valence-electron chi connectivity index (χ4n) is 2.58. The summed E-state index contributed by atoms with van der Waals surface area (Å²) >= 11 is 5.51. The van der Waals surface area contributed by atoms with Crippen molar-refractivity contribution in [3.63, 3.8) is 0 Å². The summed E-state index contributed by atoms with van der Waals surface area (Å²) in [6, 6.07) is -3.72. The Hall–Kier alpha value is -1.46. The number of hydrogen-bond acceptors (Lipinski definition) is 7. The standard InChI is InChI=1S/C19H36N4O5S2/c1-6-11(4)15(18(26)22-14(10(2)3)19(27)28)23-17(25)13(7-8-30-5)21-16(24)12(20)9-29/h10-15,29H,6-9,20H2,1-5H3,(H,21,24)(H,22,26)(H,23,25)(H,27,28). The minimum absolute atomic E-state index is 0.131. The summed E-state index contributed by atoms with van der Waals surface area (Å²) in [4.78, 5) is 49.3. The molecule has 5 atom stereocenters. The second-order valence-corrected chi connectivity index (χ2v) is 8.92. The summed E-state index contributed by atoms with van der Waals surface area (Å²) in [7, 11) is 0. The van der Waals surface area contributed by atoms with Crippen molar-refractivity contribution in [2.45, 2.75) is 64.7 Å². The van der Waals surface area contributed by atoms with E-state index in [9.17, 15) is 24.3 Å². The number of thioether (sulfide) groups is 1. The number of nitrogens with one attached hydrogen (secondary N) is 3. The first-order chi connectivity index (χ1) is 14.0. The maximum Gasteiger partial charge on any atom is 0.326 e. The van der Waals surface area contributed by atoms with E-state index in [0.29, 0.717) is 18.6 Å². The summed E-state index contributed by atoms with van der Waals surface area (Å²) < 4.78 is 0. The first kappa shape index (κ1) is 28.5. The van der Waals surface area contributed by atoms with Crippen LogP contribution in [-0.4, -0.2) is 70.7 Å². The largest absolute Gasteiger partial charge is 0.480 e. The fraction of sp³-hybridized carbons (Fsp3) is 0.789. The number of carbonyl (C=O) groups is 4. The molecule has 0 aromatic heterocycles. The number of aliphatic carboxylic acids is 1. The van der Waals surface area contributed by atoms with E-state index in [4.69, 9.17) is 5.73 Å². The highest BCUT2D eigenvalue weighted by Gasteiger charge is 2.33. The van der Waals surface area contributed by atoms with E-state index in [-0.39, 0.29) is 17.6 Å². The molecule has 174 valence electrons. The van der Waals surface area contributed by atoms with Gasteiger partial charge in [-0.3, -0.25) is 14.4 Å². The molecule has 6 N–H and O–H groups in total. The summed E-state index contributed by atoms with van der Waals surface area (Å²) in [5.74, 6) is -2.54. The van der Waals surface area contributed by atoms with Crippen LogP contribution < -0.4 is 21.7 Å². The van der Waals surface area contributed by atoms with Gasteiger partial charge in [0.2, 0.25) is 17.7 Å². The van der Waals surface area contributed by atoms with Gasteiger partial charge in [0, 0.05) is 5.75 Å². The van der Waals surface area contributed by atoms with Gasteiger partial charge in [-0.2, -0.15) is 24.4 Å². The third-order valence-corrected chi connectivity index (χ3v) is 5.84. The normalized spacial score (nSPS) is 16.1. The van der Waals surface area contributed by atoms with Crippen LogP contribution in [0.2, 0.25) is 0 Å². The van der Waals surface area contributed by atoms with Gasteiger partial charge in [-0.25, -0.2) is 4.79 Å². The fourth-order valence-corrected chi connectivity index (χ4v) is 3.22. The van der Waals surface area contributed by atoms with Gasteiger partial charge in [-0.15, -0.1) is 0 Å². The van der Waals surface area contributed by atoms with Crippen LogP contribution in [0, 0.1) is 11.8 Å². The SMILES string of the molecule is CCC(C)C(NC(=O)C(CCSC)NC(=O)C(N)CS)C(=O)NC(C(=O)O)C(C)C. The highest BCUT2D eigenvalue weighted by Crippen LogP contribution is 2.11. The monoisotopic (exact) mass is 464 g/mol. The predicted molar refractivity (Wildman–Crippen MR) is 123 cm³/mol. The lowest BCUT2D eigenvalue weighted by Gasteiger charge is -2.28. The van der Waals surface area contributed by atoms with Crippen LogP contribution in [0.4, 0.5) is 0 Å². The molecule has 0 aliphatic carbocycles. The zero-order chi connectivity index (χ0) is 23.4. The quantitative estimate of drug-likeness (QED) is 0.202. The molecule has 0 bridgehead atoms. The van der Waals surface area contributed by atoms with Crippen LogP contribution in [0.15, 0.2) is 0 Å². The maximum absolute atomic E-state index is 12.9. The number of thiol groups is 1. The van der Waals surface area contributed by atoms with Crippen molar-refractivity contribution in [1.82, 2.24) is 16.0 Å². The molecule has 5 unspecified atom stereocenters. The first-order valence-electron chi connectivity index (χ1n) is 9.99. The summed E-state index contributed by atoms with van der Waals surface area (Å²) in [5, 5.41) is 17.2. The Morgan fingerprint density at radius 3 is 2.00 bits per heavy atom. The molecule has 0 spiro atoms. The molecule has 9 nitrogen and oxygen atoms in total. The Bertz CT molecular complexity index is 591. The third kappa shape index (κ3) is 9.57. The number of carboxylic acid groups (broad SMARTS) is 1. The number of hydrogen-bond donors (Lipinski definition) is 6. The van der Waals surface area contributed by atoms with Gasteiger partial charge in [-0.1, -0.05) is 34.1 Å². The topological polar surface area (TPSA) is 151 Å². The molecule has 11 heteroatoms. The Morgan fingerprint density at radius 1 is 1.00 bits per heavy atom. The van der Waals surface area contributed by atoms with E-state index >= 15 is 0 Å². The molecule has 0 heterocycles. The Balaban J connectivity index is 5.46. The first-order valence-corrected chi connectivity index (χ1v) is 12.0. The Labute approximate surface area is 188 Å². The second-order valence-electron chi connectivity index (χ2n) is 7.57.